The van der Waals surface area contributed by atoms with E-state index in [1.165, 1.54) is 0 Å². The number of anilines is 1. The summed E-state index contributed by atoms with van der Waals surface area (Å²) in [5.41, 5.74) is 0.354. The first-order valence-corrected chi connectivity index (χ1v) is 6.95. The molecule has 20 heavy (non-hydrogen) atoms. The summed E-state index contributed by atoms with van der Waals surface area (Å²) in [5, 5.41) is 12.4. The summed E-state index contributed by atoms with van der Waals surface area (Å²) in [7, 11) is 0. The number of carboxylic acid groups (broad SMARTS) is 1. The molecule has 0 radical (unpaired) electrons. The van der Waals surface area contributed by atoms with Crippen LogP contribution in [-0.2, 0) is 9.59 Å². The van der Waals surface area contributed by atoms with Gasteiger partial charge in [0, 0.05) is 0 Å². The highest BCUT2D eigenvalue weighted by atomic mass is 35.5. The fraction of sp³-hybridized carbons (Fsp3) is 0.385. The predicted octanol–water partition coefficient (Wildman–Crippen LogP) is 2.48. The first-order chi connectivity index (χ1) is 9.49. The average Bonchev–Trinajstić information content (AvgIpc) is 2.82. The van der Waals surface area contributed by atoms with Crippen LogP contribution in [0.4, 0.5) is 5.69 Å². The molecular formula is C13H14Cl2N2O3. The van der Waals surface area contributed by atoms with Crippen LogP contribution in [-0.4, -0.2) is 41.0 Å². The predicted molar refractivity (Wildman–Crippen MR) is 77.3 cm³/mol. The van der Waals surface area contributed by atoms with Crippen molar-refractivity contribution in [1.29, 1.82) is 0 Å². The normalized spacial score (nSPS) is 19.0. The Morgan fingerprint density at radius 1 is 1.35 bits per heavy atom. The monoisotopic (exact) mass is 316 g/mol. The number of para-hydroxylation sites is 1. The molecule has 108 valence electrons. The van der Waals surface area contributed by atoms with Crippen molar-refractivity contribution >= 4 is 40.8 Å². The third-order valence-electron chi connectivity index (χ3n) is 3.22. The highest BCUT2D eigenvalue weighted by Gasteiger charge is 2.31. The van der Waals surface area contributed by atoms with Gasteiger partial charge in [-0.15, -0.1) is 0 Å². The van der Waals surface area contributed by atoms with Crippen molar-refractivity contribution in [3.63, 3.8) is 0 Å². The van der Waals surface area contributed by atoms with E-state index >= 15 is 0 Å². The Hall–Kier alpha value is -1.30. The number of benzene rings is 1. The highest BCUT2D eigenvalue weighted by molar-refractivity contribution is 6.39. The minimum atomic E-state index is -0.897. The van der Waals surface area contributed by atoms with E-state index in [1.54, 1.807) is 23.1 Å². The van der Waals surface area contributed by atoms with Gasteiger partial charge in [-0.25, -0.2) is 0 Å². The van der Waals surface area contributed by atoms with Gasteiger partial charge in [0.05, 0.1) is 22.3 Å². The fourth-order valence-electron chi connectivity index (χ4n) is 2.28. The van der Waals surface area contributed by atoms with Crippen molar-refractivity contribution in [2.75, 3.05) is 18.4 Å². The lowest BCUT2D eigenvalue weighted by Gasteiger charge is -2.20. The quantitative estimate of drug-likeness (QED) is 0.895. The molecule has 2 N–H and O–H groups in total. The third kappa shape index (κ3) is 3.42. The zero-order valence-corrected chi connectivity index (χ0v) is 12.1. The van der Waals surface area contributed by atoms with Crippen LogP contribution in [0.5, 0.6) is 0 Å². The second kappa shape index (κ2) is 6.43. The summed E-state index contributed by atoms with van der Waals surface area (Å²) in [5.74, 6) is -1.22. The molecule has 1 fully saturated rings. The van der Waals surface area contributed by atoms with E-state index in [9.17, 15) is 9.59 Å². The van der Waals surface area contributed by atoms with Gasteiger partial charge in [-0.3, -0.25) is 14.5 Å². The fourth-order valence-corrected chi connectivity index (χ4v) is 2.77. The highest BCUT2D eigenvalue weighted by Crippen LogP contribution is 2.29. The largest absolute Gasteiger partial charge is 0.480 e. The van der Waals surface area contributed by atoms with Crippen LogP contribution < -0.4 is 5.32 Å². The number of likely N-dealkylation sites (tertiary alicyclic amines) is 1. The molecule has 1 aliphatic rings. The molecule has 1 atom stereocenters. The van der Waals surface area contributed by atoms with Crippen LogP contribution in [0.3, 0.4) is 0 Å². The standard InChI is InChI=1S/C13H14Cl2N2O3/c14-8-3-1-4-9(15)12(8)16-11(18)7-17-6-2-5-10(17)13(19)20/h1,3-4,10H,2,5-7H2,(H,16,18)(H,19,20). The Labute approximate surface area is 126 Å². The molecule has 1 aromatic rings. The van der Waals surface area contributed by atoms with Crippen molar-refractivity contribution in [3.05, 3.63) is 28.2 Å². The molecule has 1 heterocycles. The lowest BCUT2D eigenvalue weighted by atomic mass is 10.2. The first kappa shape index (κ1) is 15.1. The summed E-state index contributed by atoms with van der Waals surface area (Å²) in [6, 6.07) is 4.33. The Balaban J connectivity index is 2.01. The molecule has 2 rings (SSSR count). The van der Waals surface area contributed by atoms with Crippen LogP contribution in [0.15, 0.2) is 18.2 Å². The van der Waals surface area contributed by atoms with Crippen LogP contribution >= 0.6 is 23.2 Å². The van der Waals surface area contributed by atoms with E-state index in [1.807, 2.05) is 0 Å². The molecular weight excluding hydrogens is 303 g/mol. The smallest absolute Gasteiger partial charge is 0.320 e. The Bertz CT molecular complexity index is 516. The SMILES string of the molecule is O=C(CN1CCCC1C(=O)O)Nc1c(Cl)cccc1Cl. The summed E-state index contributed by atoms with van der Waals surface area (Å²) < 4.78 is 0. The van der Waals surface area contributed by atoms with Gasteiger partial charge in [-0.2, -0.15) is 0 Å². The van der Waals surface area contributed by atoms with Crippen molar-refractivity contribution in [1.82, 2.24) is 4.90 Å². The summed E-state index contributed by atoms with van der Waals surface area (Å²) in [6.45, 7) is 0.610. The van der Waals surface area contributed by atoms with E-state index in [2.05, 4.69) is 5.32 Å². The molecule has 0 aliphatic carbocycles. The number of carbonyl (C=O) groups is 2. The number of rotatable bonds is 4. The van der Waals surface area contributed by atoms with Gasteiger partial charge in [0.1, 0.15) is 6.04 Å². The minimum Gasteiger partial charge on any atom is -0.480 e. The molecule has 1 aliphatic heterocycles. The average molecular weight is 317 g/mol. The zero-order chi connectivity index (χ0) is 14.7. The van der Waals surface area contributed by atoms with Gasteiger partial charge in [0.2, 0.25) is 5.91 Å². The molecule has 0 spiro atoms. The number of nitrogens with zero attached hydrogens (tertiary/aromatic N) is 1. The Morgan fingerprint density at radius 2 is 2.00 bits per heavy atom. The molecule has 0 saturated carbocycles. The molecule has 0 aromatic heterocycles. The summed E-state index contributed by atoms with van der Waals surface area (Å²) in [4.78, 5) is 24.7. The Morgan fingerprint density at radius 3 is 2.60 bits per heavy atom. The zero-order valence-electron chi connectivity index (χ0n) is 10.6. The third-order valence-corrected chi connectivity index (χ3v) is 3.85. The van der Waals surface area contributed by atoms with Gasteiger partial charge in [-0.1, -0.05) is 29.3 Å². The molecule has 1 amide bonds. The second-order valence-corrected chi connectivity index (χ2v) is 5.43. The number of aliphatic carboxylic acids is 1. The number of carbonyl (C=O) groups excluding carboxylic acids is 1. The molecule has 1 unspecified atom stereocenters. The number of halogens is 2. The van der Waals surface area contributed by atoms with Crippen LogP contribution in [0.2, 0.25) is 10.0 Å². The van der Waals surface area contributed by atoms with Crippen LogP contribution in [0.1, 0.15) is 12.8 Å². The van der Waals surface area contributed by atoms with E-state index in [-0.39, 0.29) is 12.5 Å². The number of amides is 1. The summed E-state index contributed by atoms with van der Waals surface area (Å²) in [6.07, 6.45) is 1.34. The van der Waals surface area contributed by atoms with E-state index < -0.39 is 12.0 Å². The lowest BCUT2D eigenvalue weighted by molar-refractivity contribution is -0.142. The minimum absolute atomic E-state index is 0.0124. The maximum atomic E-state index is 12.0. The van der Waals surface area contributed by atoms with Crippen molar-refractivity contribution < 1.29 is 14.7 Å². The second-order valence-electron chi connectivity index (χ2n) is 4.61. The van der Waals surface area contributed by atoms with Gasteiger partial charge in [0.15, 0.2) is 0 Å². The number of nitrogens with one attached hydrogen (secondary N) is 1. The maximum absolute atomic E-state index is 12.0. The van der Waals surface area contributed by atoms with Crippen molar-refractivity contribution in [2.45, 2.75) is 18.9 Å². The van der Waals surface area contributed by atoms with E-state index in [0.29, 0.717) is 28.7 Å². The van der Waals surface area contributed by atoms with E-state index in [0.717, 1.165) is 6.42 Å². The van der Waals surface area contributed by atoms with Crippen molar-refractivity contribution in [2.24, 2.45) is 0 Å². The molecule has 5 nitrogen and oxygen atoms in total. The van der Waals surface area contributed by atoms with Gasteiger partial charge in [-0.05, 0) is 31.5 Å². The van der Waals surface area contributed by atoms with Crippen LogP contribution in [0, 0.1) is 0 Å². The van der Waals surface area contributed by atoms with Gasteiger partial charge >= 0.3 is 5.97 Å². The number of hydrogen-bond donors (Lipinski definition) is 2. The van der Waals surface area contributed by atoms with Crippen LogP contribution in [0.25, 0.3) is 0 Å². The molecule has 1 aromatic carbocycles. The van der Waals surface area contributed by atoms with Crippen molar-refractivity contribution in [3.8, 4) is 0 Å². The lowest BCUT2D eigenvalue weighted by Crippen LogP contribution is -2.40. The first-order valence-electron chi connectivity index (χ1n) is 6.19. The van der Waals surface area contributed by atoms with E-state index in [4.69, 9.17) is 28.3 Å². The molecule has 7 heteroatoms. The molecule has 0 bridgehead atoms. The number of carboxylic acids is 1. The maximum Gasteiger partial charge on any atom is 0.320 e. The number of hydrogen-bond acceptors (Lipinski definition) is 3. The summed E-state index contributed by atoms with van der Waals surface area (Å²) >= 11 is 11.9. The van der Waals surface area contributed by atoms with Gasteiger partial charge < -0.3 is 10.4 Å². The topological polar surface area (TPSA) is 69.6 Å². The molecule has 1 saturated heterocycles. The Kier molecular flexibility index (Phi) is 4.86. The van der Waals surface area contributed by atoms with Gasteiger partial charge in [0.25, 0.3) is 0 Å².